The minimum Gasteiger partial charge on any atom is -0.456 e. The average Bonchev–Trinajstić information content (AvgIpc) is 2.90. The Morgan fingerprint density at radius 1 is 0.947 bits per heavy atom. The zero-order chi connectivity index (χ0) is 27.1. The summed E-state index contributed by atoms with van der Waals surface area (Å²) in [4.78, 5) is 50.0. The molecule has 1 amide bonds. The summed E-state index contributed by atoms with van der Waals surface area (Å²) in [5, 5.41) is 8.21. The minimum atomic E-state index is -0.717. The summed E-state index contributed by atoms with van der Waals surface area (Å²) in [6.45, 7) is 4.18. The number of fused-ring (bicyclic) bond motifs is 2. The van der Waals surface area contributed by atoms with Crippen LogP contribution in [0.3, 0.4) is 0 Å². The molecule has 0 bridgehead atoms. The number of anilines is 1. The maximum atomic E-state index is 13.2. The summed E-state index contributed by atoms with van der Waals surface area (Å²) in [6, 6.07) is 12.8. The second-order valence-electron chi connectivity index (χ2n) is 8.71. The van der Waals surface area contributed by atoms with Crippen LogP contribution in [0, 0.1) is 0 Å². The molecule has 0 unspecified atom stereocenters. The van der Waals surface area contributed by atoms with Crippen LogP contribution in [-0.4, -0.2) is 28.4 Å². The molecule has 2 heterocycles. The molecule has 0 aliphatic rings. The van der Waals surface area contributed by atoms with Crippen molar-refractivity contribution in [2.24, 2.45) is 0 Å². The van der Waals surface area contributed by atoms with Crippen LogP contribution in [0.15, 0.2) is 62.5 Å². The molecule has 0 saturated carbocycles. The van der Waals surface area contributed by atoms with Crippen LogP contribution in [-0.2, 0) is 22.6 Å². The highest BCUT2D eigenvalue weighted by atomic mass is 16.5. The minimum absolute atomic E-state index is 0.0314. The average molecular weight is 520 g/mol. The fraction of sp³-hybridized carbons (Fsp3) is 0.321. The molecule has 10 nitrogen and oxygen atoms in total. The molecule has 0 aliphatic heterocycles. The molecule has 2 aromatic carbocycles. The van der Waals surface area contributed by atoms with Crippen molar-refractivity contribution in [1.29, 1.82) is 0 Å². The first-order valence-corrected chi connectivity index (χ1v) is 12.6. The van der Waals surface area contributed by atoms with Gasteiger partial charge in [0, 0.05) is 40.7 Å². The fourth-order valence-electron chi connectivity index (χ4n) is 4.15. The summed E-state index contributed by atoms with van der Waals surface area (Å²) in [5.74, 6) is -0.717. The third-order valence-corrected chi connectivity index (χ3v) is 6.00. The highest BCUT2D eigenvalue weighted by Crippen LogP contribution is 2.23. The molecule has 0 aliphatic carbocycles. The molecule has 10 heteroatoms. The predicted octanol–water partition coefficient (Wildman–Crippen LogP) is 5.01. The Bertz CT molecular complexity index is 1590. The second-order valence-corrected chi connectivity index (χ2v) is 8.71. The highest BCUT2D eigenvalue weighted by Gasteiger charge is 2.19. The summed E-state index contributed by atoms with van der Waals surface area (Å²) < 4.78 is 17.0. The van der Waals surface area contributed by atoms with Crippen molar-refractivity contribution < 1.29 is 23.5 Å². The first kappa shape index (κ1) is 26.6. The smallest absolute Gasteiger partial charge is 0.411 e. The van der Waals surface area contributed by atoms with Crippen molar-refractivity contribution >= 4 is 39.5 Å². The molecule has 2 aromatic heterocycles. The van der Waals surface area contributed by atoms with Crippen molar-refractivity contribution in [2.45, 2.75) is 52.7 Å². The third-order valence-electron chi connectivity index (χ3n) is 6.00. The van der Waals surface area contributed by atoms with Gasteiger partial charge in [-0.1, -0.05) is 44.4 Å². The van der Waals surface area contributed by atoms with Crippen LogP contribution in [0.4, 0.5) is 10.5 Å². The maximum Gasteiger partial charge on any atom is 0.411 e. The molecular formula is C28H29N3O7. The lowest BCUT2D eigenvalue weighted by molar-refractivity contribution is 0.0466. The Morgan fingerprint density at radius 2 is 1.74 bits per heavy atom. The molecule has 4 aromatic rings. The molecule has 0 fully saturated rings. The maximum absolute atomic E-state index is 13.2. The number of amides is 1. The monoisotopic (exact) mass is 519 g/mol. The van der Waals surface area contributed by atoms with Gasteiger partial charge in [-0.05, 0) is 31.5 Å². The zero-order valence-electron chi connectivity index (χ0n) is 21.3. The number of unbranched alkanes of at least 4 members (excludes halogenated alkanes) is 3. The van der Waals surface area contributed by atoms with E-state index < -0.39 is 17.7 Å². The topological polar surface area (TPSA) is 130 Å². The Kier molecular flexibility index (Phi) is 8.52. The second kappa shape index (κ2) is 12.2. The number of hydrogen-bond acceptors (Lipinski definition) is 8. The van der Waals surface area contributed by atoms with E-state index in [1.54, 1.807) is 43.3 Å². The van der Waals surface area contributed by atoms with Gasteiger partial charge < -0.3 is 13.9 Å². The predicted molar refractivity (Wildman–Crippen MR) is 142 cm³/mol. The van der Waals surface area contributed by atoms with Gasteiger partial charge in [-0.2, -0.15) is 5.10 Å². The van der Waals surface area contributed by atoms with E-state index in [0.29, 0.717) is 34.0 Å². The Labute approximate surface area is 218 Å². The number of nitrogens with one attached hydrogen (secondary N) is 1. The third kappa shape index (κ3) is 6.08. The molecule has 0 atom stereocenters. The van der Waals surface area contributed by atoms with Gasteiger partial charge in [0.25, 0.3) is 5.56 Å². The number of aryl methyl sites for hydroxylation is 1. The van der Waals surface area contributed by atoms with E-state index in [1.165, 1.54) is 16.8 Å². The van der Waals surface area contributed by atoms with Crippen LogP contribution >= 0.6 is 0 Å². The molecule has 38 heavy (non-hydrogen) atoms. The summed E-state index contributed by atoms with van der Waals surface area (Å²) in [5.41, 5.74) is 0.147. The molecule has 0 spiro atoms. The van der Waals surface area contributed by atoms with Gasteiger partial charge in [-0.3, -0.25) is 10.1 Å². The summed E-state index contributed by atoms with van der Waals surface area (Å²) >= 11 is 0. The molecule has 0 saturated heterocycles. The standard InChI is InChI=1S/C28H29N3O7/c1-3-5-6-9-14-31-26(33)22-11-8-7-10-21(22)25(30-31)27(34)37-17-18-15-24(32)38-23-16-19(12-13-20(18)23)29-28(35)36-4-2/h7-8,10-13,15-16H,3-6,9,14,17H2,1-2H3,(H,29,35). The molecule has 0 radical (unpaired) electrons. The number of esters is 1. The van der Waals surface area contributed by atoms with Gasteiger partial charge in [-0.25, -0.2) is 19.1 Å². The fourth-order valence-corrected chi connectivity index (χ4v) is 4.15. The van der Waals surface area contributed by atoms with Crippen molar-refractivity contribution in [3.8, 4) is 0 Å². The molecule has 4 rings (SSSR count). The van der Waals surface area contributed by atoms with Crippen molar-refractivity contribution in [1.82, 2.24) is 9.78 Å². The first-order chi connectivity index (χ1) is 18.4. The van der Waals surface area contributed by atoms with E-state index in [0.717, 1.165) is 25.7 Å². The largest absolute Gasteiger partial charge is 0.456 e. The lowest BCUT2D eigenvalue weighted by Crippen LogP contribution is -2.26. The Balaban J connectivity index is 1.59. The lowest BCUT2D eigenvalue weighted by atomic mass is 10.1. The van der Waals surface area contributed by atoms with Gasteiger partial charge in [0.2, 0.25) is 0 Å². The Morgan fingerprint density at radius 3 is 2.50 bits per heavy atom. The van der Waals surface area contributed by atoms with Crippen molar-refractivity contribution in [3.63, 3.8) is 0 Å². The highest BCUT2D eigenvalue weighted by molar-refractivity contribution is 6.02. The number of rotatable bonds is 10. The van der Waals surface area contributed by atoms with Gasteiger partial charge in [0.1, 0.15) is 12.2 Å². The number of hydrogen-bond donors (Lipinski definition) is 1. The number of aromatic nitrogens is 2. The summed E-state index contributed by atoms with van der Waals surface area (Å²) in [6.07, 6.45) is 3.21. The van der Waals surface area contributed by atoms with Crippen molar-refractivity contribution in [2.75, 3.05) is 11.9 Å². The van der Waals surface area contributed by atoms with Crippen molar-refractivity contribution in [3.05, 3.63) is 80.6 Å². The van der Waals surface area contributed by atoms with E-state index in [1.807, 2.05) is 0 Å². The van der Waals surface area contributed by atoms with Crippen LogP contribution in [0.2, 0.25) is 0 Å². The number of nitrogens with zero attached hydrogens (tertiary/aromatic N) is 2. The van der Waals surface area contributed by atoms with Gasteiger partial charge in [-0.15, -0.1) is 0 Å². The quantitative estimate of drug-likeness (QED) is 0.176. The normalized spacial score (nSPS) is 11.0. The van der Waals surface area contributed by atoms with Gasteiger partial charge in [0.15, 0.2) is 5.69 Å². The van der Waals surface area contributed by atoms with Crippen LogP contribution in [0.5, 0.6) is 0 Å². The van der Waals surface area contributed by atoms with E-state index in [2.05, 4.69) is 17.3 Å². The Hall–Kier alpha value is -4.47. The van der Waals surface area contributed by atoms with Crippen LogP contribution in [0.1, 0.15) is 55.6 Å². The molecular weight excluding hydrogens is 490 g/mol. The number of carbonyl (C=O) groups excluding carboxylic acids is 2. The van der Waals surface area contributed by atoms with Crippen LogP contribution < -0.4 is 16.5 Å². The number of benzene rings is 2. The number of carbonyl (C=O) groups is 2. The van der Waals surface area contributed by atoms with E-state index >= 15 is 0 Å². The number of ether oxygens (including phenoxy) is 2. The SMILES string of the molecule is CCCCCCn1nc(C(=O)OCc2cc(=O)oc3cc(NC(=O)OCC)ccc23)c2ccccc2c1=O. The lowest BCUT2D eigenvalue weighted by Gasteiger charge is -2.12. The van der Waals surface area contributed by atoms with E-state index in [-0.39, 0.29) is 30.0 Å². The van der Waals surface area contributed by atoms with E-state index in [4.69, 9.17) is 13.9 Å². The van der Waals surface area contributed by atoms with Crippen LogP contribution in [0.25, 0.3) is 21.7 Å². The van der Waals surface area contributed by atoms with Gasteiger partial charge >= 0.3 is 17.7 Å². The molecule has 1 N–H and O–H groups in total. The molecule has 198 valence electrons. The van der Waals surface area contributed by atoms with Gasteiger partial charge in [0.05, 0.1) is 12.0 Å². The summed E-state index contributed by atoms with van der Waals surface area (Å²) in [7, 11) is 0. The van der Waals surface area contributed by atoms with E-state index in [9.17, 15) is 19.2 Å². The first-order valence-electron chi connectivity index (χ1n) is 12.6. The zero-order valence-corrected chi connectivity index (χ0v) is 21.3.